The molecule has 1 atom stereocenters. The molecule has 0 fully saturated rings. The normalized spacial score (nSPS) is 13.7. The first kappa shape index (κ1) is 64.4. The van der Waals surface area contributed by atoms with Crippen molar-refractivity contribution in [1.29, 1.82) is 0 Å². The van der Waals surface area contributed by atoms with Crippen molar-refractivity contribution in [3.63, 3.8) is 0 Å². The van der Waals surface area contributed by atoms with Crippen LogP contribution in [0.25, 0.3) is 21.5 Å². The molecule has 8 rings (SSSR count). The number of carboxylic acids is 1. The summed E-state index contributed by atoms with van der Waals surface area (Å²) in [6, 6.07) is 24.3. The molecule has 1 heterocycles. The van der Waals surface area contributed by atoms with Gasteiger partial charge < -0.3 is 39.1 Å². The Labute approximate surface area is 519 Å². The van der Waals surface area contributed by atoms with Crippen LogP contribution in [0.2, 0.25) is 0 Å². The Morgan fingerprint density at radius 2 is 1.23 bits per heavy atom. The molecule has 0 aliphatic carbocycles. The molecule has 7 aromatic rings. The van der Waals surface area contributed by atoms with E-state index >= 15 is 0 Å². The number of hydrazone groups is 1. The molecule has 1 unspecified atom stereocenters. The van der Waals surface area contributed by atoms with Crippen LogP contribution in [0.4, 0.5) is 45.5 Å². The third-order valence-corrected chi connectivity index (χ3v) is 12.7. The quantitative estimate of drug-likeness (QED) is 0.0638. The molecule has 1 aliphatic rings. The predicted octanol–water partition coefficient (Wildman–Crippen LogP) is -6.32. The molecule has 0 spiro atoms. The van der Waals surface area contributed by atoms with E-state index < -0.39 is 97.1 Å². The van der Waals surface area contributed by atoms with Gasteiger partial charge in [0, 0.05) is 27.7 Å². The Morgan fingerprint density at radius 3 is 1.85 bits per heavy atom. The number of anilines is 3. The Hall–Kier alpha value is -3.88. The van der Waals surface area contributed by atoms with Crippen LogP contribution in [0.15, 0.2) is 172 Å². The number of rotatable bonds is 13. The van der Waals surface area contributed by atoms with Crippen molar-refractivity contribution in [2.75, 3.05) is 10.3 Å². The fourth-order valence-electron chi connectivity index (χ4n) is 6.86. The van der Waals surface area contributed by atoms with Gasteiger partial charge in [-0.2, -0.15) is 30.6 Å². The second-order valence-electron chi connectivity index (χ2n) is 14.7. The van der Waals surface area contributed by atoms with Crippen molar-refractivity contribution in [3.8, 4) is 11.5 Å². The molecule has 31 heteroatoms. The van der Waals surface area contributed by atoms with Gasteiger partial charge in [0.25, 0.3) is 5.91 Å². The number of fused-ring (bicyclic) bond motifs is 2. The molecule has 1 amide bonds. The zero-order chi connectivity index (χ0) is 49.6. The number of nitrogens with one attached hydrogen (secondary N) is 1. The van der Waals surface area contributed by atoms with E-state index in [1.165, 1.54) is 49.4 Å². The smallest absolute Gasteiger partial charge is 0.871 e. The summed E-state index contributed by atoms with van der Waals surface area (Å²) >= 11 is 0. The maximum atomic E-state index is 13.7. The van der Waals surface area contributed by atoms with Gasteiger partial charge in [-0.25, -0.2) is 25.3 Å². The zero-order valence-corrected chi connectivity index (χ0v) is 50.3. The molecule has 0 saturated heterocycles. The number of aromatic carboxylic acids is 1. The number of para-hydroxylation sites is 1. The van der Waals surface area contributed by atoms with E-state index in [-0.39, 0.29) is 180 Å². The van der Waals surface area contributed by atoms with Gasteiger partial charge in [-0.15, -0.1) is 10.2 Å². The predicted molar refractivity (Wildman–Crippen MR) is 235 cm³/mol. The van der Waals surface area contributed by atoms with Crippen LogP contribution < -0.4 is 144 Å². The Balaban J connectivity index is 0.00000289. The largest absolute Gasteiger partial charge is 2.00 e. The molecular weight excluding hydrogens is 1120 g/mol. The molecular formula is C43H25CuN9Na4O14S3. The van der Waals surface area contributed by atoms with Crippen LogP contribution >= 0.6 is 0 Å². The minimum atomic E-state index is -5.38. The number of amides is 1. The molecule has 1 aliphatic heterocycles. The number of carboxylic acid groups (broad SMARTS) is 1. The van der Waals surface area contributed by atoms with Crippen LogP contribution in [-0.2, 0) is 52.2 Å². The Bertz CT molecular complexity index is 3810. The van der Waals surface area contributed by atoms with Crippen LogP contribution in [0.1, 0.15) is 17.3 Å². The van der Waals surface area contributed by atoms with Crippen molar-refractivity contribution in [1.82, 2.24) is 0 Å². The van der Waals surface area contributed by atoms with E-state index in [2.05, 4.69) is 41.1 Å². The number of azo groups is 3. The minimum Gasteiger partial charge on any atom is -0.871 e. The van der Waals surface area contributed by atoms with E-state index in [1.807, 2.05) is 0 Å². The van der Waals surface area contributed by atoms with Gasteiger partial charge in [-0.05, 0) is 109 Å². The molecule has 7 aromatic carbocycles. The van der Waals surface area contributed by atoms with E-state index in [0.717, 1.165) is 47.5 Å². The molecule has 1 N–H and O–H groups in total. The van der Waals surface area contributed by atoms with Crippen molar-refractivity contribution in [3.05, 3.63) is 127 Å². The van der Waals surface area contributed by atoms with Crippen LogP contribution in [-0.4, -0.2) is 62.5 Å². The number of hydrogen-bond acceptors (Lipinski definition) is 22. The van der Waals surface area contributed by atoms with E-state index in [4.69, 9.17) is 0 Å². The monoisotopic (exact) mass is 1140 g/mol. The fraction of sp³-hybridized carbons (Fsp3) is 0.0465. The van der Waals surface area contributed by atoms with Crippen LogP contribution in [0, 0.1) is 0 Å². The summed E-state index contributed by atoms with van der Waals surface area (Å²) in [4.78, 5) is 22.3. The van der Waals surface area contributed by atoms with Gasteiger partial charge in [-0.3, -0.25) is 4.79 Å². The van der Waals surface area contributed by atoms with Gasteiger partial charge in [-0.1, -0.05) is 41.8 Å². The fourth-order valence-corrected chi connectivity index (χ4v) is 8.50. The molecule has 1 radical (unpaired) electrons. The number of carbonyl (C=O) groups excluding carboxylic acids is 2. The first-order valence-electron chi connectivity index (χ1n) is 19.4. The summed E-state index contributed by atoms with van der Waals surface area (Å²) in [6.45, 7) is 1.43. The third kappa shape index (κ3) is 14.4. The average molecular weight is 1140 g/mol. The van der Waals surface area contributed by atoms with Gasteiger partial charge in [0.15, 0.2) is 6.04 Å². The second-order valence-corrected chi connectivity index (χ2v) is 18.8. The van der Waals surface area contributed by atoms with Gasteiger partial charge >= 0.3 is 135 Å². The standard InChI is InChI=1S/C43H31N9O14S3.Cu.4Na/c1-22-38(48-46-34-16-13-29(68(61,62)63)20-33(34)43(56)57)42(55)52(51-22)27-10-7-25(8-11-27)45-47-35-21-36(53)39(31-15-12-28(19-32(31)35)67(58,59)60)49-50-40-37(69(64,65)66)18-23-17-26(9-14-30(23)41(40)54)44-24-5-3-2-4-6-24;;;;;/h2-21,38,44,53-54H,1H3,(H,56,57)(H,58,59,60)(H,61,62,63)(H,64,65,66);;;;;/q;+2;4*+1/p-6. The number of nitrogens with zero attached hydrogens (tertiary/aromatic N) is 8. The van der Waals surface area contributed by atoms with Gasteiger partial charge in [0.2, 0.25) is 0 Å². The van der Waals surface area contributed by atoms with Crippen molar-refractivity contribution in [2.45, 2.75) is 27.7 Å². The third-order valence-electron chi connectivity index (χ3n) is 10.1. The summed E-state index contributed by atoms with van der Waals surface area (Å²) in [5, 5.41) is 70.3. The number of hydrogen-bond donors (Lipinski definition) is 1. The summed E-state index contributed by atoms with van der Waals surface area (Å²) in [7, 11) is -15.5. The maximum Gasteiger partial charge on any atom is 2.00 e. The molecule has 0 bridgehead atoms. The molecule has 0 saturated carbocycles. The Kier molecular flexibility index (Phi) is 22.6. The summed E-state index contributed by atoms with van der Waals surface area (Å²) in [5.41, 5.74) is -1.39. The second kappa shape index (κ2) is 26.0. The number of carbonyl (C=O) groups is 2. The average Bonchev–Trinajstić information content (AvgIpc) is 3.58. The topological polar surface area (TPSA) is 377 Å². The molecule has 0 aromatic heterocycles. The maximum absolute atomic E-state index is 13.7. The van der Waals surface area contributed by atoms with Crippen molar-refractivity contribution >= 4 is 115 Å². The van der Waals surface area contributed by atoms with Gasteiger partial charge in [0.1, 0.15) is 30.4 Å². The minimum absolute atomic E-state index is 0. The zero-order valence-electron chi connectivity index (χ0n) is 38.9. The van der Waals surface area contributed by atoms with Crippen LogP contribution in [0.5, 0.6) is 11.5 Å². The van der Waals surface area contributed by atoms with E-state index in [9.17, 15) is 63.8 Å². The molecule has 23 nitrogen and oxygen atoms in total. The molecule has 74 heavy (non-hydrogen) atoms. The first-order valence-corrected chi connectivity index (χ1v) is 23.6. The summed E-state index contributed by atoms with van der Waals surface area (Å²) < 4.78 is 108. The van der Waals surface area contributed by atoms with E-state index in [1.54, 1.807) is 30.3 Å². The van der Waals surface area contributed by atoms with E-state index in [0.29, 0.717) is 17.4 Å². The van der Waals surface area contributed by atoms with Crippen molar-refractivity contribution < 1.29 is 199 Å². The first-order chi connectivity index (χ1) is 32.6. The Morgan fingerprint density at radius 1 is 0.622 bits per heavy atom. The van der Waals surface area contributed by atoms with Crippen molar-refractivity contribution in [2.24, 2.45) is 35.8 Å². The SMILES string of the molecule is CC1=NN(c2ccc(N=Nc3cc([O-])c(N=Nc4c(S(=O)(=O)[O-])cc5cc(Nc6ccccc6)ccc5c4[O-])c4ccc(S(=O)(=O)[O-])cc34)cc2)C(=O)C1N=Nc1ccc(S(=O)(=O)[O-])cc1C(=O)[O-].[Cu+2].[Na+].[Na+].[Na+].[Na+]. The summed E-state index contributed by atoms with van der Waals surface area (Å²) in [5.74, 6) is -4.55. The number of benzene rings is 7. The van der Waals surface area contributed by atoms with Gasteiger partial charge in [0.05, 0.1) is 60.5 Å². The summed E-state index contributed by atoms with van der Waals surface area (Å²) in [6.07, 6.45) is 0. The van der Waals surface area contributed by atoms with Crippen LogP contribution in [0.3, 0.4) is 0 Å². The molecule has 359 valence electrons.